The van der Waals surface area contributed by atoms with Crippen LogP contribution in [0.25, 0.3) is 10.7 Å². The van der Waals surface area contributed by atoms with Crippen molar-refractivity contribution in [2.75, 3.05) is 34.4 Å². The first kappa shape index (κ1) is 22.3. The van der Waals surface area contributed by atoms with Crippen molar-refractivity contribution < 1.29 is 18.8 Å². The molecule has 32 heavy (non-hydrogen) atoms. The van der Waals surface area contributed by atoms with E-state index in [0.29, 0.717) is 36.3 Å². The van der Waals surface area contributed by atoms with Crippen molar-refractivity contribution in [1.82, 2.24) is 19.9 Å². The van der Waals surface area contributed by atoms with E-state index in [-0.39, 0.29) is 11.8 Å². The summed E-state index contributed by atoms with van der Waals surface area (Å²) in [7, 11) is 5.08. The Kier molecular flexibility index (Phi) is 7.06. The molecule has 8 nitrogen and oxygen atoms in total. The topological polar surface area (TPSA) is 80.9 Å². The van der Waals surface area contributed by atoms with Gasteiger partial charge in [-0.3, -0.25) is 9.69 Å². The molecule has 0 spiro atoms. The van der Waals surface area contributed by atoms with E-state index in [1.807, 2.05) is 42.8 Å². The summed E-state index contributed by atoms with van der Waals surface area (Å²) in [6.07, 6.45) is 1.64. The van der Waals surface area contributed by atoms with E-state index in [0.717, 1.165) is 36.4 Å². The summed E-state index contributed by atoms with van der Waals surface area (Å²) in [5, 5.41) is 6.07. The van der Waals surface area contributed by atoms with Gasteiger partial charge in [0.15, 0.2) is 11.5 Å². The molecule has 0 N–H and O–H groups in total. The quantitative estimate of drug-likeness (QED) is 0.511. The van der Waals surface area contributed by atoms with E-state index in [2.05, 4.69) is 15.0 Å². The highest BCUT2D eigenvalue weighted by Crippen LogP contribution is 2.29. The molecule has 170 valence electrons. The van der Waals surface area contributed by atoms with Crippen LogP contribution in [0, 0.1) is 5.92 Å². The molecule has 1 saturated heterocycles. The van der Waals surface area contributed by atoms with Crippen molar-refractivity contribution in [2.24, 2.45) is 5.92 Å². The number of hydrogen-bond acceptors (Lipinski definition) is 8. The summed E-state index contributed by atoms with van der Waals surface area (Å²) in [6.45, 7) is 2.81. The zero-order valence-corrected chi connectivity index (χ0v) is 19.4. The first-order chi connectivity index (χ1) is 15.6. The van der Waals surface area contributed by atoms with Crippen LogP contribution in [0.5, 0.6) is 11.5 Å². The largest absolute Gasteiger partial charge is 0.493 e. The minimum absolute atomic E-state index is 0.0285. The number of amides is 1. The first-order valence-corrected chi connectivity index (χ1v) is 11.5. The van der Waals surface area contributed by atoms with Crippen LogP contribution < -0.4 is 9.47 Å². The molecule has 4 rings (SSSR count). The average Bonchev–Trinajstić information content (AvgIpc) is 3.51. The average molecular weight is 457 g/mol. The van der Waals surface area contributed by atoms with Crippen molar-refractivity contribution in [1.29, 1.82) is 0 Å². The molecule has 0 unspecified atom stereocenters. The van der Waals surface area contributed by atoms with E-state index < -0.39 is 0 Å². The summed E-state index contributed by atoms with van der Waals surface area (Å²) in [4.78, 5) is 22.6. The molecule has 1 aromatic carbocycles. The van der Waals surface area contributed by atoms with E-state index in [1.165, 1.54) is 0 Å². The van der Waals surface area contributed by atoms with Crippen molar-refractivity contribution in [2.45, 2.75) is 25.9 Å². The monoisotopic (exact) mass is 456 g/mol. The molecule has 0 aliphatic carbocycles. The number of carbonyl (C=O) groups is 1. The third kappa shape index (κ3) is 5.11. The Morgan fingerprint density at radius 1 is 1.22 bits per heavy atom. The van der Waals surface area contributed by atoms with Crippen molar-refractivity contribution in [3.8, 4) is 22.2 Å². The number of aromatic nitrogens is 2. The van der Waals surface area contributed by atoms with Gasteiger partial charge in [-0.15, -0.1) is 11.3 Å². The number of hydrogen-bond donors (Lipinski definition) is 0. The van der Waals surface area contributed by atoms with Gasteiger partial charge < -0.3 is 18.9 Å². The third-order valence-electron chi connectivity index (χ3n) is 5.75. The summed E-state index contributed by atoms with van der Waals surface area (Å²) in [5.41, 5.74) is 1.01. The Hall–Kier alpha value is -2.91. The Morgan fingerprint density at radius 3 is 2.69 bits per heavy atom. The highest BCUT2D eigenvalue weighted by atomic mass is 32.1. The van der Waals surface area contributed by atoms with Crippen LogP contribution in [0.1, 0.15) is 24.3 Å². The van der Waals surface area contributed by atoms with Gasteiger partial charge in [-0.1, -0.05) is 17.3 Å². The molecule has 1 aliphatic rings. The molecular weight excluding hydrogens is 428 g/mol. The second kappa shape index (κ2) is 10.1. The minimum Gasteiger partial charge on any atom is -0.493 e. The maximum absolute atomic E-state index is 13.0. The Morgan fingerprint density at radius 2 is 2.00 bits per heavy atom. The smallest absolute Gasteiger partial charge is 0.241 e. The van der Waals surface area contributed by atoms with Crippen molar-refractivity contribution in [3.05, 3.63) is 47.2 Å². The van der Waals surface area contributed by atoms with Crippen LogP contribution in [0.3, 0.4) is 0 Å². The van der Waals surface area contributed by atoms with Gasteiger partial charge in [0.2, 0.25) is 17.6 Å². The van der Waals surface area contributed by atoms with Gasteiger partial charge >= 0.3 is 0 Å². The minimum atomic E-state index is 0.0285. The number of benzene rings is 1. The van der Waals surface area contributed by atoms with Crippen molar-refractivity contribution >= 4 is 17.2 Å². The molecule has 3 heterocycles. The van der Waals surface area contributed by atoms with E-state index in [1.54, 1.807) is 30.5 Å². The summed E-state index contributed by atoms with van der Waals surface area (Å²) >= 11 is 1.59. The van der Waals surface area contributed by atoms with Crippen LogP contribution in [0.4, 0.5) is 0 Å². The highest BCUT2D eigenvalue weighted by molar-refractivity contribution is 7.13. The SMILES string of the molecule is COc1ccc(CN(C)C(=O)C2CCN(Cc3nc(-c4cccs4)no3)CC2)cc1OC. The molecule has 1 amide bonds. The first-order valence-electron chi connectivity index (χ1n) is 10.6. The Bertz CT molecular complexity index is 1030. The van der Waals surface area contributed by atoms with Crippen LogP contribution in [-0.2, 0) is 17.9 Å². The van der Waals surface area contributed by atoms with Gasteiger partial charge in [0.05, 0.1) is 25.6 Å². The van der Waals surface area contributed by atoms with Gasteiger partial charge in [-0.2, -0.15) is 4.98 Å². The molecule has 0 radical (unpaired) electrons. The molecule has 3 aromatic rings. The summed E-state index contributed by atoms with van der Waals surface area (Å²) < 4.78 is 16.1. The van der Waals surface area contributed by atoms with Crippen LogP contribution >= 0.6 is 11.3 Å². The maximum atomic E-state index is 13.0. The number of piperidine rings is 1. The summed E-state index contributed by atoms with van der Waals surface area (Å²) in [5.74, 6) is 2.81. The lowest BCUT2D eigenvalue weighted by molar-refractivity contribution is -0.136. The number of likely N-dealkylation sites (tertiary alicyclic amines) is 1. The van der Waals surface area contributed by atoms with Crippen LogP contribution in [0.2, 0.25) is 0 Å². The van der Waals surface area contributed by atoms with E-state index in [4.69, 9.17) is 14.0 Å². The van der Waals surface area contributed by atoms with Gasteiger partial charge in [-0.05, 0) is 55.1 Å². The number of thiophene rings is 1. The highest BCUT2D eigenvalue weighted by Gasteiger charge is 2.28. The number of nitrogens with zero attached hydrogens (tertiary/aromatic N) is 4. The fourth-order valence-electron chi connectivity index (χ4n) is 4.00. The van der Waals surface area contributed by atoms with Gasteiger partial charge in [0, 0.05) is 19.5 Å². The number of methoxy groups -OCH3 is 2. The van der Waals surface area contributed by atoms with Crippen molar-refractivity contribution in [3.63, 3.8) is 0 Å². The zero-order chi connectivity index (χ0) is 22.5. The second-order valence-electron chi connectivity index (χ2n) is 7.92. The molecule has 0 saturated carbocycles. The molecule has 9 heteroatoms. The molecule has 0 bridgehead atoms. The molecule has 1 fully saturated rings. The lowest BCUT2D eigenvalue weighted by Crippen LogP contribution is -2.40. The predicted molar refractivity (Wildman–Crippen MR) is 122 cm³/mol. The fourth-order valence-corrected chi connectivity index (χ4v) is 4.65. The Labute approximate surface area is 191 Å². The Balaban J connectivity index is 1.27. The summed E-state index contributed by atoms with van der Waals surface area (Å²) in [6, 6.07) is 9.70. The second-order valence-corrected chi connectivity index (χ2v) is 8.87. The van der Waals surface area contributed by atoms with Gasteiger partial charge in [0.1, 0.15) is 0 Å². The fraction of sp³-hybridized carbons (Fsp3) is 0.435. The normalized spacial score (nSPS) is 15.0. The molecular formula is C23H28N4O4S. The third-order valence-corrected chi connectivity index (χ3v) is 6.62. The van der Waals surface area contributed by atoms with Gasteiger partial charge in [-0.25, -0.2) is 0 Å². The van der Waals surface area contributed by atoms with E-state index in [9.17, 15) is 4.79 Å². The number of rotatable bonds is 8. The van der Waals surface area contributed by atoms with Crippen LogP contribution in [-0.4, -0.2) is 60.2 Å². The number of ether oxygens (including phenoxy) is 2. The standard InChI is InChI=1S/C23H28N4O4S/c1-26(14-16-6-7-18(29-2)19(13-16)30-3)23(28)17-8-10-27(11-9-17)15-21-24-22(25-31-21)20-5-4-12-32-20/h4-7,12-13,17H,8-11,14-15H2,1-3H3. The predicted octanol–water partition coefficient (Wildman–Crippen LogP) is 3.69. The zero-order valence-electron chi connectivity index (χ0n) is 18.6. The lowest BCUT2D eigenvalue weighted by Gasteiger charge is -2.32. The molecule has 2 aromatic heterocycles. The van der Waals surface area contributed by atoms with Crippen LogP contribution in [0.15, 0.2) is 40.2 Å². The lowest BCUT2D eigenvalue weighted by atomic mass is 9.95. The molecule has 1 aliphatic heterocycles. The molecule has 0 atom stereocenters. The van der Waals surface area contributed by atoms with Gasteiger partial charge in [0.25, 0.3) is 0 Å². The maximum Gasteiger partial charge on any atom is 0.241 e. The van der Waals surface area contributed by atoms with E-state index >= 15 is 0 Å². The number of carbonyl (C=O) groups excluding carboxylic acids is 1.